The Bertz CT molecular complexity index is 286. The first-order valence-electron chi connectivity index (χ1n) is 4.68. The molecule has 0 fully saturated rings. The van der Waals surface area contributed by atoms with Crippen molar-refractivity contribution in [2.45, 2.75) is 33.6 Å². The summed E-state index contributed by atoms with van der Waals surface area (Å²) in [5, 5.41) is 0. The van der Waals surface area contributed by atoms with Gasteiger partial charge in [-0.15, -0.1) is 11.3 Å². The second-order valence-electron chi connectivity index (χ2n) is 3.81. The van der Waals surface area contributed by atoms with E-state index >= 15 is 0 Å². The molecule has 0 N–H and O–H groups in total. The molecule has 0 spiro atoms. The molecule has 1 aromatic rings. The molecule has 13 heavy (non-hydrogen) atoms. The molecule has 1 rings (SSSR count). The van der Waals surface area contributed by atoms with Crippen LogP contribution in [-0.2, 0) is 6.42 Å². The van der Waals surface area contributed by atoms with Crippen molar-refractivity contribution in [1.29, 1.82) is 0 Å². The normalized spacial score (nSPS) is 10.8. The third kappa shape index (κ3) is 2.96. The molecular formula is C11H16OS. The molecule has 0 amide bonds. The monoisotopic (exact) mass is 196 g/mol. The summed E-state index contributed by atoms with van der Waals surface area (Å²) in [6, 6.07) is 1.98. The van der Waals surface area contributed by atoms with Crippen LogP contribution in [0.5, 0.6) is 0 Å². The van der Waals surface area contributed by atoms with Gasteiger partial charge in [-0.2, -0.15) is 0 Å². The van der Waals surface area contributed by atoms with Crippen molar-refractivity contribution in [2.75, 3.05) is 0 Å². The van der Waals surface area contributed by atoms with Crippen LogP contribution in [0.4, 0.5) is 0 Å². The van der Waals surface area contributed by atoms with Gasteiger partial charge in [0, 0.05) is 4.88 Å². The zero-order chi connectivity index (χ0) is 9.84. The summed E-state index contributed by atoms with van der Waals surface area (Å²) in [5.41, 5.74) is 1.27. The van der Waals surface area contributed by atoms with Crippen molar-refractivity contribution < 1.29 is 4.79 Å². The van der Waals surface area contributed by atoms with Crippen LogP contribution in [0.1, 0.15) is 40.4 Å². The number of aldehydes is 1. The zero-order valence-electron chi connectivity index (χ0n) is 8.46. The van der Waals surface area contributed by atoms with Crippen molar-refractivity contribution in [2.24, 2.45) is 5.92 Å². The van der Waals surface area contributed by atoms with Crippen LogP contribution < -0.4 is 0 Å². The fourth-order valence-corrected chi connectivity index (χ4v) is 2.28. The predicted octanol–water partition coefficient (Wildman–Crippen LogP) is 3.46. The van der Waals surface area contributed by atoms with Crippen molar-refractivity contribution in [3.8, 4) is 0 Å². The first kappa shape index (κ1) is 10.5. The fourth-order valence-electron chi connectivity index (χ4n) is 1.27. The van der Waals surface area contributed by atoms with Gasteiger partial charge in [-0.05, 0) is 37.3 Å². The maximum Gasteiger partial charge on any atom is 0.160 e. The number of carbonyl (C=O) groups excluding carboxylic acids is 1. The Morgan fingerprint density at radius 2 is 2.23 bits per heavy atom. The minimum absolute atomic E-state index is 0.737. The van der Waals surface area contributed by atoms with Crippen LogP contribution in [0.25, 0.3) is 0 Å². The SMILES string of the molecule is Cc1cc(C=O)sc1CCC(C)C. The Hall–Kier alpha value is -0.630. The van der Waals surface area contributed by atoms with Crippen molar-refractivity contribution in [3.63, 3.8) is 0 Å². The first-order valence-corrected chi connectivity index (χ1v) is 5.49. The highest BCUT2D eigenvalue weighted by molar-refractivity contribution is 7.13. The summed E-state index contributed by atoms with van der Waals surface area (Å²) in [7, 11) is 0. The average Bonchev–Trinajstić information content (AvgIpc) is 2.43. The van der Waals surface area contributed by atoms with Crippen molar-refractivity contribution in [3.05, 3.63) is 21.4 Å². The van der Waals surface area contributed by atoms with Crippen LogP contribution in [0.3, 0.4) is 0 Å². The van der Waals surface area contributed by atoms with E-state index in [1.165, 1.54) is 16.9 Å². The van der Waals surface area contributed by atoms with Crippen LogP contribution in [0.15, 0.2) is 6.07 Å². The van der Waals surface area contributed by atoms with Gasteiger partial charge in [-0.25, -0.2) is 0 Å². The molecule has 72 valence electrons. The van der Waals surface area contributed by atoms with Gasteiger partial charge in [-0.3, -0.25) is 4.79 Å². The van der Waals surface area contributed by atoms with E-state index < -0.39 is 0 Å². The number of carbonyl (C=O) groups is 1. The van der Waals surface area contributed by atoms with Gasteiger partial charge in [0.25, 0.3) is 0 Å². The lowest BCUT2D eigenvalue weighted by Gasteiger charge is -2.02. The van der Waals surface area contributed by atoms with E-state index in [1.807, 2.05) is 6.07 Å². The van der Waals surface area contributed by atoms with Gasteiger partial charge in [0.1, 0.15) is 0 Å². The third-order valence-corrected chi connectivity index (χ3v) is 3.33. The second kappa shape index (κ2) is 4.56. The maximum absolute atomic E-state index is 10.5. The summed E-state index contributed by atoms with van der Waals surface area (Å²) in [5.74, 6) is 0.737. The van der Waals surface area contributed by atoms with E-state index in [4.69, 9.17) is 0 Å². The van der Waals surface area contributed by atoms with Crippen LogP contribution >= 0.6 is 11.3 Å². The van der Waals surface area contributed by atoms with Crippen molar-refractivity contribution >= 4 is 17.6 Å². The lowest BCUT2D eigenvalue weighted by Crippen LogP contribution is -1.90. The molecule has 0 atom stereocenters. The Balaban J connectivity index is 2.65. The quantitative estimate of drug-likeness (QED) is 0.674. The number of thiophene rings is 1. The molecule has 0 unspecified atom stereocenters. The van der Waals surface area contributed by atoms with Gasteiger partial charge in [0.05, 0.1) is 4.88 Å². The van der Waals surface area contributed by atoms with Crippen molar-refractivity contribution in [1.82, 2.24) is 0 Å². The Labute approximate surface area is 83.8 Å². The summed E-state index contributed by atoms with van der Waals surface area (Å²) >= 11 is 1.63. The first-order chi connectivity index (χ1) is 6.13. The van der Waals surface area contributed by atoms with Gasteiger partial charge >= 0.3 is 0 Å². The highest BCUT2D eigenvalue weighted by Crippen LogP contribution is 2.23. The maximum atomic E-state index is 10.5. The van der Waals surface area contributed by atoms with Crippen LogP contribution in [0.2, 0.25) is 0 Å². The lowest BCUT2D eigenvalue weighted by molar-refractivity contribution is 0.112. The minimum Gasteiger partial charge on any atom is -0.297 e. The summed E-state index contributed by atoms with van der Waals surface area (Å²) < 4.78 is 0. The molecule has 0 aromatic carbocycles. The van der Waals surface area contributed by atoms with Gasteiger partial charge in [0.15, 0.2) is 6.29 Å². The molecule has 0 saturated heterocycles. The molecule has 0 aliphatic carbocycles. The molecule has 1 aromatic heterocycles. The molecule has 0 aliphatic heterocycles. The number of hydrogen-bond acceptors (Lipinski definition) is 2. The Morgan fingerprint density at radius 3 is 2.69 bits per heavy atom. The minimum atomic E-state index is 0.737. The van der Waals surface area contributed by atoms with Gasteiger partial charge in [-0.1, -0.05) is 13.8 Å². The summed E-state index contributed by atoms with van der Waals surface area (Å²) in [6.07, 6.45) is 3.26. The largest absolute Gasteiger partial charge is 0.297 e. The lowest BCUT2D eigenvalue weighted by atomic mass is 10.1. The molecule has 0 bridgehead atoms. The number of rotatable bonds is 4. The zero-order valence-corrected chi connectivity index (χ0v) is 9.28. The second-order valence-corrected chi connectivity index (χ2v) is 4.97. The molecule has 2 heteroatoms. The van der Waals surface area contributed by atoms with Crippen LogP contribution in [0, 0.1) is 12.8 Å². The molecule has 0 aliphatic rings. The standard InChI is InChI=1S/C11H16OS/c1-8(2)4-5-11-9(3)6-10(7-12)13-11/h6-8H,4-5H2,1-3H3. The Morgan fingerprint density at radius 1 is 1.54 bits per heavy atom. The van der Waals surface area contributed by atoms with E-state index in [2.05, 4.69) is 20.8 Å². The van der Waals surface area contributed by atoms with E-state index in [-0.39, 0.29) is 0 Å². The Kier molecular flexibility index (Phi) is 3.67. The fraction of sp³-hybridized carbons (Fsp3) is 0.545. The predicted molar refractivity (Wildman–Crippen MR) is 57.6 cm³/mol. The molecule has 1 heterocycles. The smallest absolute Gasteiger partial charge is 0.160 e. The molecule has 0 saturated carbocycles. The topological polar surface area (TPSA) is 17.1 Å². The van der Waals surface area contributed by atoms with Crippen LogP contribution in [-0.4, -0.2) is 6.29 Å². The average molecular weight is 196 g/mol. The molecular weight excluding hydrogens is 180 g/mol. The highest BCUT2D eigenvalue weighted by atomic mass is 32.1. The summed E-state index contributed by atoms with van der Waals surface area (Å²) in [4.78, 5) is 12.7. The number of aryl methyl sites for hydroxylation is 2. The van der Waals surface area contributed by atoms with Gasteiger partial charge < -0.3 is 0 Å². The third-order valence-electron chi connectivity index (χ3n) is 2.10. The summed E-state index contributed by atoms with van der Waals surface area (Å²) in [6.45, 7) is 6.53. The molecule has 0 radical (unpaired) electrons. The van der Waals surface area contributed by atoms with Gasteiger partial charge in [0.2, 0.25) is 0 Å². The highest BCUT2D eigenvalue weighted by Gasteiger charge is 2.05. The van der Waals surface area contributed by atoms with E-state index in [0.717, 1.165) is 23.5 Å². The van der Waals surface area contributed by atoms with E-state index in [9.17, 15) is 4.79 Å². The number of hydrogen-bond donors (Lipinski definition) is 0. The van der Waals surface area contributed by atoms with E-state index in [1.54, 1.807) is 11.3 Å². The molecule has 1 nitrogen and oxygen atoms in total. The van der Waals surface area contributed by atoms with E-state index in [0.29, 0.717) is 0 Å².